The lowest BCUT2D eigenvalue weighted by Gasteiger charge is -2.28. The van der Waals surface area contributed by atoms with Gasteiger partial charge in [0.2, 0.25) is 0 Å². The molecule has 2 heteroatoms. The first-order chi connectivity index (χ1) is 8.02. The van der Waals surface area contributed by atoms with E-state index in [0.29, 0.717) is 5.92 Å². The summed E-state index contributed by atoms with van der Waals surface area (Å²) < 4.78 is 5.90. The van der Waals surface area contributed by atoms with Crippen molar-refractivity contribution in [3.05, 3.63) is 35.4 Å². The molecule has 0 aliphatic carbocycles. The maximum Gasteiger partial charge on any atom is 0.127 e. The van der Waals surface area contributed by atoms with Crippen molar-refractivity contribution < 1.29 is 4.74 Å². The Bertz CT molecular complexity index is 435. The van der Waals surface area contributed by atoms with Crippen LogP contribution >= 0.6 is 0 Å². The fraction of sp³-hybridized carbons (Fsp3) is 0.467. The average Bonchev–Trinajstić information content (AvgIpc) is 2.27. The standard InChI is InChI=1S/C15H21NO/c1-11(7-9-16)12-4-5-14-13(10-12)6-8-15(2,3)17-14/h4-6,8,10-11H,7,9,16H2,1-3H3. The van der Waals surface area contributed by atoms with Gasteiger partial charge in [-0.15, -0.1) is 0 Å². The largest absolute Gasteiger partial charge is 0.483 e. The Labute approximate surface area is 103 Å². The molecule has 2 nitrogen and oxygen atoms in total. The molecule has 2 N–H and O–H groups in total. The van der Waals surface area contributed by atoms with Crippen LogP contribution in [0.1, 0.15) is 44.2 Å². The first-order valence-electron chi connectivity index (χ1n) is 6.24. The first kappa shape index (κ1) is 12.2. The van der Waals surface area contributed by atoms with E-state index in [2.05, 4.69) is 51.1 Å². The van der Waals surface area contributed by atoms with Gasteiger partial charge in [0.05, 0.1) is 0 Å². The van der Waals surface area contributed by atoms with Crippen LogP contribution in [0.25, 0.3) is 6.08 Å². The highest BCUT2D eigenvalue weighted by molar-refractivity contribution is 5.62. The zero-order valence-electron chi connectivity index (χ0n) is 10.9. The molecule has 2 rings (SSSR count). The van der Waals surface area contributed by atoms with E-state index in [1.807, 2.05) is 0 Å². The van der Waals surface area contributed by atoms with E-state index in [9.17, 15) is 0 Å². The van der Waals surface area contributed by atoms with Crippen LogP contribution in [0, 0.1) is 0 Å². The van der Waals surface area contributed by atoms with Gasteiger partial charge in [-0.3, -0.25) is 0 Å². The molecular weight excluding hydrogens is 210 g/mol. The Balaban J connectivity index is 2.27. The third-order valence-corrected chi connectivity index (χ3v) is 3.24. The molecule has 0 radical (unpaired) electrons. The summed E-state index contributed by atoms with van der Waals surface area (Å²) in [5.74, 6) is 1.48. The van der Waals surface area contributed by atoms with Crippen LogP contribution in [0.15, 0.2) is 24.3 Å². The van der Waals surface area contributed by atoms with Crippen molar-refractivity contribution in [3.63, 3.8) is 0 Å². The monoisotopic (exact) mass is 231 g/mol. The molecule has 1 aliphatic heterocycles. The molecule has 1 heterocycles. The van der Waals surface area contributed by atoms with E-state index >= 15 is 0 Å². The van der Waals surface area contributed by atoms with Crippen molar-refractivity contribution in [1.82, 2.24) is 0 Å². The lowest BCUT2D eigenvalue weighted by molar-refractivity contribution is 0.159. The summed E-state index contributed by atoms with van der Waals surface area (Å²) in [5, 5.41) is 0. The third-order valence-electron chi connectivity index (χ3n) is 3.24. The van der Waals surface area contributed by atoms with Crippen LogP contribution in [-0.2, 0) is 0 Å². The molecule has 1 aromatic rings. The number of hydrogen-bond acceptors (Lipinski definition) is 2. The molecule has 1 aromatic carbocycles. The molecule has 0 saturated heterocycles. The van der Waals surface area contributed by atoms with Crippen LogP contribution in [0.2, 0.25) is 0 Å². The summed E-state index contributed by atoms with van der Waals surface area (Å²) in [6, 6.07) is 6.43. The zero-order chi connectivity index (χ0) is 12.5. The normalized spacial score (nSPS) is 18.4. The Kier molecular flexibility index (Phi) is 3.25. The van der Waals surface area contributed by atoms with Gasteiger partial charge < -0.3 is 10.5 Å². The number of ether oxygens (including phenoxy) is 1. The molecule has 0 spiro atoms. The molecule has 1 unspecified atom stereocenters. The minimum atomic E-state index is -0.197. The highest BCUT2D eigenvalue weighted by Crippen LogP contribution is 2.33. The summed E-state index contributed by atoms with van der Waals surface area (Å²) in [5.41, 5.74) is 7.91. The minimum Gasteiger partial charge on any atom is -0.483 e. The molecule has 0 saturated carbocycles. The molecule has 17 heavy (non-hydrogen) atoms. The molecule has 0 amide bonds. The Hall–Kier alpha value is -1.28. The van der Waals surface area contributed by atoms with Crippen molar-refractivity contribution in [2.45, 2.75) is 38.7 Å². The Morgan fingerprint density at radius 3 is 2.82 bits per heavy atom. The SMILES string of the molecule is CC(CCN)c1ccc2c(c1)C=CC(C)(C)O2. The van der Waals surface area contributed by atoms with E-state index in [0.717, 1.165) is 18.7 Å². The molecule has 92 valence electrons. The molecule has 1 atom stereocenters. The number of benzene rings is 1. The second-order valence-corrected chi connectivity index (χ2v) is 5.31. The number of hydrogen-bond donors (Lipinski definition) is 1. The molecule has 1 aliphatic rings. The minimum absolute atomic E-state index is 0.197. The summed E-state index contributed by atoms with van der Waals surface area (Å²) in [6.45, 7) is 7.08. The molecule has 0 fully saturated rings. The number of rotatable bonds is 3. The Morgan fingerprint density at radius 1 is 1.35 bits per heavy atom. The van der Waals surface area contributed by atoms with Gasteiger partial charge >= 0.3 is 0 Å². The fourth-order valence-electron chi connectivity index (χ4n) is 2.12. The third kappa shape index (κ3) is 2.70. The first-order valence-corrected chi connectivity index (χ1v) is 6.24. The topological polar surface area (TPSA) is 35.2 Å². The van der Waals surface area contributed by atoms with E-state index in [1.54, 1.807) is 0 Å². The summed E-state index contributed by atoms with van der Waals surface area (Å²) >= 11 is 0. The van der Waals surface area contributed by atoms with Crippen LogP contribution < -0.4 is 10.5 Å². The van der Waals surface area contributed by atoms with E-state index in [4.69, 9.17) is 10.5 Å². The van der Waals surface area contributed by atoms with Crippen molar-refractivity contribution in [2.24, 2.45) is 5.73 Å². The van der Waals surface area contributed by atoms with Gasteiger partial charge in [0.25, 0.3) is 0 Å². The summed E-state index contributed by atoms with van der Waals surface area (Å²) in [6.07, 6.45) is 5.28. The Morgan fingerprint density at radius 2 is 2.12 bits per heavy atom. The summed E-state index contributed by atoms with van der Waals surface area (Å²) in [7, 11) is 0. The van der Waals surface area contributed by atoms with Gasteiger partial charge in [-0.2, -0.15) is 0 Å². The van der Waals surface area contributed by atoms with Gasteiger partial charge in [0, 0.05) is 5.56 Å². The molecule has 0 bridgehead atoms. The lowest BCUT2D eigenvalue weighted by atomic mass is 9.94. The smallest absolute Gasteiger partial charge is 0.127 e. The predicted octanol–water partition coefficient (Wildman–Crippen LogP) is 3.32. The summed E-state index contributed by atoms with van der Waals surface area (Å²) in [4.78, 5) is 0. The maximum absolute atomic E-state index is 5.90. The van der Waals surface area contributed by atoms with Gasteiger partial charge in [-0.25, -0.2) is 0 Å². The predicted molar refractivity (Wildman–Crippen MR) is 72.3 cm³/mol. The number of nitrogens with two attached hydrogens (primary N) is 1. The van der Waals surface area contributed by atoms with Crippen LogP contribution in [0.5, 0.6) is 5.75 Å². The highest BCUT2D eigenvalue weighted by Gasteiger charge is 2.21. The van der Waals surface area contributed by atoms with Gasteiger partial charge in [0.15, 0.2) is 0 Å². The molecule has 0 aromatic heterocycles. The van der Waals surface area contributed by atoms with E-state index in [1.165, 1.54) is 11.1 Å². The fourth-order valence-corrected chi connectivity index (χ4v) is 2.12. The molecular formula is C15H21NO. The van der Waals surface area contributed by atoms with Gasteiger partial charge in [-0.05, 0) is 56.5 Å². The quantitative estimate of drug-likeness (QED) is 0.866. The average molecular weight is 231 g/mol. The zero-order valence-corrected chi connectivity index (χ0v) is 10.9. The lowest BCUT2D eigenvalue weighted by Crippen LogP contribution is -2.27. The van der Waals surface area contributed by atoms with Crippen molar-refractivity contribution >= 4 is 6.08 Å². The number of fused-ring (bicyclic) bond motifs is 1. The van der Waals surface area contributed by atoms with Crippen LogP contribution in [0.3, 0.4) is 0 Å². The van der Waals surface area contributed by atoms with Crippen molar-refractivity contribution in [1.29, 1.82) is 0 Å². The van der Waals surface area contributed by atoms with E-state index < -0.39 is 0 Å². The second-order valence-electron chi connectivity index (χ2n) is 5.31. The van der Waals surface area contributed by atoms with Crippen LogP contribution in [-0.4, -0.2) is 12.1 Å². The van der Waals surface area contributed by atoms with Crippen molar-refractivity contribution in [3.8, 4) is 5.75 Å². The van der Waals surface area contributed by atoms with Gasteiger partial charge in [-0.1, -0.05) is 19.1 Å². The van der Waals surface area contributed by atoms with Crippen LogP contribution in [0.4, 0.5) is 0 Å². The maximum atomic E-state index is 5.90. The highest BCUT2D eigenvalue weighted by atomic mass is 16.5. The van der Waals surface area contributed by atoms with Crippen molar-refractivity contribution in [2.75, 3.05) is 6.54 Å². The van der Waals surface area contributed by atoms with E-state index in [-0.39, 0.29) is 5.60 Å². The second kappa shape index (κ2) is 4.53. The van der Waals surface area contributed by atoms with Gasteiger partial charge in [0.1, 0.15) is 11.4 Å².